The van der Waals surface area contributed by atoms with Gasteiger partial charge >= 0.3 is 0 Å². The van der Waals surface area contributed by atoms with Crippen LogP contribution < -0.4 is 4.74 Å². The van der Waals surface area contributed by atoms with Crippen LogP contribution in [0.3, 0.4) is 0 Å². The minimum absolute atomic E-state index is 0.749. The minimum Gasteiger partial charge on any atom is -0.494 e. The maximum Gasteiger partial charge on any atom is 0.147 e. The van der Waals surface area contributed by atoms with Crippen LogP contribution in [0.4, 0.5) is 5.69 Å². The van der Waals surface area contributed by atoms with Gasteiger partial charge in [0, 0.05) is 12.4 Å². The Labute approximate surface area is 88.4 Å². The number of benzene rings is 2. The van der Waals surface area contributed by atoms with Crippen LogP contribution in [0, 0.1) is 0 Å². The van der Waals surface area contributed by atoms with Gasteiger partial charge in [0.05, 0.1) is 7.11 Å². The molecule has 0 aliphatic heterocycles. The van der Waals surface area contributed by atoms with Crippen LogP contribution in [0.5, 0.6) is 5.75 Å². The van der Waals surface area contributed by atoms with E-state index in [2.05, 4.69) is 10.2 Å². The lowest BCUT2D eigenvalue weighted by Crippen LogP contribution is -1.84. The average Bonchev–Trinajstić information content (AvgIpc) is 2.30. The molecule has 0 atom stereocenters. The van der Waals surface area contributed by atoms with E-state index in [0.29, 0.717) is 0 Å². The zero-order chi connectivity index (χ0) is 10.7. The molecule has 2 aromatic rings. The predicted octanol–water partition coefficient (Wildman–Crippen LogP) is 3.56. The third-order valence-electron chi connectivity index (χ3n) is 2.28. The predicted molar refractivity (Wildman–Crippen MR) is 60.9 cm³/mol. The summed E-state index contributed by atoms with van der Waals surface area (Å²) < 4.78 is 5.25. The molecule has 0 saturated carbocycles. The second-order valence-corrected chi connectivity index (χ2v) is 3.14. The summed E-state index contributed by atoms with van der Waals surface area (Å²) in [6.07, 6.45) is 0. The molecule has 0 bridgehead atoms. The van der Waals surface area contributed by atoms with E-state index in [9.17, 15) is 0 Å². The summed E-state index contributed by atoms with van der Waals surface area (Å²) >= 11 is 0. The molecule has 0 spiro atoms. The second kappa shape index (κ2) is 4.09. The Kier molecular flexibility index (Phi) is 2.63. The zero-order valence-corrected chi connectivity index (χ0v) is 8.77. The summed E-state index contributed by atoms with van der Waals surface area (Å²) in [7, 11) is 3.29. The lowest BCUT2D eigenvalue weighted by atomic mass is 10.1. The summed E-state index contributed by atoms with van der Waals surface area (Å²) in [4.78, 5) is 0. The van der Waals surface area contributed by atoms with Crippen molar-refractivity contribution in [1.82, 2.24) is 0 Å². The Morgan fingerprint density at radius 1 is 1.07 bits per heavy atom. The topological polar surface area (TPSA) is 34.0 Å². The molecule has 0 saturated heterocycles. The van der Waals surface area contributed by atoms with Crippen molar-refractivity contribution in [3.05, 3.63) is 36.4 Å². The molecule has 0 radical (unpaired) electrons. The molecule has 0 heterocycles. The third-order valence-corrected chi connectivity index (χ3v) is 2.28. The molecule has 0 unspecified atom stereocenters. The first-order chi connectivity index (χ1) is 7.36. The molecule has 3 heteroatoms. The van der Waals surface area contributed by atoms with Crippen LogP contribution in [0.25, 0.3) is 10.8 Å². The van der Waals surface area contributed by atoms with Gasteiger partial charge in [-0.2, -0.15) is 10.2 Å². The molecule has 0 aliphatic carbocycles. The number of hydrogen-bond acceptors (Lipinski definition) is 3. The van der Waals surface area contributed by atoms with Crippen molar-refractivity contribution in [2.24, 2.45) is 10.2 Å². The first kappa shape index (κ1) is 9.65. The fourth-order valence-electron chi connectivity index (χ4n) is 1.60. The van der Waals surface area contributed by atoms with Gasteiger partial charge < -0.3 is 4.74 Å². The highest BCUT2D eigenvalue weighted by atomic mass is 16.5. The number of rotatable bonds is 2. The van der Waals surface area contributed by atoms with Gasteiger partial charge in [-0.05, 0) is 11.5 Å². The average molecular weight is 200 g/mol. The van der Waals surface area contributed by atoms with Gasteiger partial charge in [-0.3, -0.25) is 0 Å². The number of nitrogens with zero attached hydrogens (tertiary/aromatic N) is 2. The van der Waals surface area contributed by atoms with Gasteiger partial charge in [-0.1, -0.05) is 30.3 Å². The molecule has 0 aliphatic rings. The van der Waals surface area contributed by atoms with Crippen LogP contribution in [0.1, 0.15) is 0 Å². The number of hydrogen-bond donors (Lipinski definition) is 0. The van der Waals surface area contributed by atoms with E-state index in [1.54, 1.807) is 14.2 Å². The fraction of sp³-hybridized carbons (Fsp3) is 0.167. The highest BCUT2D eigenvalue weighted by Crippen LogP contribution is 2.35. The summed E-state index contributed by atoms with van der Waals surface area (Å²) in [5, 5.41) is 10.1. The number of azo groups is 1. The van der Waals surface area contributed by atoms with E-state index >= 15 is 0 Å². The molecule has 2 rings (SSSR count). The summed E-state index contributed by atoms with van der Waals surface area (Å²) in [5.74, 6) is 0.749. The SMILES string of the molecule is CN=Nc1c(OC)ccc2ccccc12. The van der Waals surface area contributed by atoms with E-state index in [1.807, 2.05) is 36.4 Å². The van der Waals surface area contributed by atoms with E-state index in [1.165, 1.54) is 0 Å². The monoisotopic (exact) mass is 200 g/mol. The Balaban J connectivity index is 2.78. The van der Waals surface area contributed by atoms with Crippen molar-refractivity contribution >= 4 is 16.5 Å². The molecule has 3 nitrogen and oxygen atoms in total. The van der Waals surface area contributed by atoms with Crippen molar-refractivity contribution in [3.63, 3.8) is 0 Å². The van der Waals surface area contributed by atoms with Gasteiger partial charge in [-0.15, -0.1) is 0 Å². The smallest absolute Gasteiger partial charge is 0.147 e. The molecule has 15 heavy (non-hydrogen) atoms. The van der Waals surface area contributed by atoms with E-state index in [-0.39, 0.29) is 0 Å². The molecule has 0 fully saturated rings. The van der Waals surface area contributed by atoms with Gasteiger partial charge in [0.25, 0.3) is 0 Å². The molecule has 0 aromatic heterocycles. The molecular formula is C12H12N2O. The molecule has 2 aromatic carbocycles. The molecular weight excluding hydrogens is 188 g/mol. The van der Waals surface area contributed by atoms with Crippen molar-refractivity contribution < 1.29 is 4.74 Å². The van der Waals surface area contributed by atoms with Gasteiger partial charge in [0.15, 0.2) is 0 Å². The normalized spacial score (nSPS) is 11.1. The zero-order valence-electron chi connectivity index (χ0n) is 8.77. The molecule has 0 N–H and O–H groups in total. The van der Waals surface area contributed by atoms with Crippen molar-refractivity contribution in [2.75, 3.05) is 14.2 Å². The van der Waals surface area contributed by atoms with Crippen LogP contribution >= 0.6 is 0 Å². The molecule has 0 amide bonds. The lowest BCUT2D eigenvalue weighted by Gasteiger charge is -2.06. The first-order valence-corrected chi connectivity index (χ1v) is 4.72. The van der Waals surface area contributed by atoms with E-state index in [0.717, 1.165) is 22.2 Å². The Hall–Kier alpha value is -1.90. The van der Waals surface area contributed by atoms with Crippen LogP contribution in [-0.4, -0.2) is 14.2 Å². The van der Waals surface area contributed by atoms with E-state index < -0.39 is 0 Å². The van der Waals surface area contributed by atoms with Crippen LogP contribution in [-0.2, 0) is 0 Å². The van der Waals surface area contributed by atoms with Crippen molar-refractivity contribution in [1.29, 1.82) is 0 Å². The van der Waals surface area contributed by atoms with Crippen molar-refractivity contribution in [3.8, 4) is 5.75 Å². The Morgan fingerprint density at radius 2 is 1.87 bits per heavy atom. The lowest BCUT2D eigenvalue weighted by molar-refractivity contribution is 0.416. The Morgan fingerprint density at radius 3 is 2.60 bits per heavy atom. The molecule has 76 valence electrons. The largest absolute Gasteiger partial charge is 0.494 e. The highest BCUT2D eigenvalue weighted by Gasteiger charge is 2.06. The summed E-state index contributed by atoms with van der Waals surface area (Å²) in [5.41, 5.74) is 0.790. The fourth-order valence-corrected chi connectivity index (χ4v) is 1.60. The maximum absolute atomic E-state index is 5.25. The van der Waals surface area contributed by atoms with Crippen molar-refractivity contribution in [2.45, 2.75) is 0 Å². The summed E-state index contributed by atoms with van der Waals surface area (Å²) in [6.45, 7) is 0. The maximum atomic E-state index is 5.25. The number of ether oxygens (including phenoxy) is 1. The first-order valence-electron chi connectivity index (χ1n) is 4.72. The quantitative estimate of drug-likeness (QED) is 0.682. The number of fused-ring (bicyclic) bond motifs is 1. The summed E-state index contributed by atoms with van der Waals surface area (Å²) in [6, 6.07) is 12.0. The third kappa shape index (κ3) is 1.68. The van der Waals surface area contributed by atoms with Crippen LogP contribution in [0.2, 0.25) is 0 Å². The highest BCUT2D eigenvalue weighted by molar-refractivity contribution is 5.95. The Bertz CT molecular complexity index is 506. The van der Waals surface area contributed by atoms with E-state index in [4.69, 9.17) is 4.74 Å². The van der Waals surface area contributed by atoms with Gasteiger partial charge in [0.1, 0.15) is 11.4 Å². The van der Waals surface area contributed by atoms with Gasteiger partial charge in [0.2, 0.25) is 0 Å². The standard InChI is InChI=1S/C12H12N2O/c1-13-14-12-10-6-4-3-5-9(10)7-8-11(12)15-2/h3-8H,1-2H3. The minimum atomic E-state index is 0.749. The number of methoxy groups -OCH3 is 1. The van der Waals surface area contributed by atoms with Gasteiger partial charge in [-0.25, -0.2) is 0 Å². The second-order valence-electron chi connectivity index (χ2n) is 3.14. The van der Waals surface area contributed by atoms with Crippen LogP contribution in [0.15, 0.2) is 46.6 Å².